The molecule has 2 aliphatic heterocycles. The fourth-order valence-electron chi connectivity index (χ4n) is 2.68. The van der Waals surface area contributed by atoms with Crippen LogP contribution in [0.15, 0.2) is 10.3 Å². The molecule has 2 aliphatic rings. The fraction of sp³-hybridized carbons (Fsp3) is 0.533. The summed E-state index contributed by atoms with van der Waals surface area (Å²) in [5.41, 5.74) is 0. The summed E-state index contributed by atoms with van der Waals surface area (Å²) in [7, 11) is 2.50. The third-order valence-electron chi connectivity index (χ3n) is 4.28. The zero-order chi connectivity index (χ0) is 22.8. The summed E-state index contributed by atoms with van der Waals surface area (Å²) < 4.78 is 10.5. The number of carbonyl (C=O) groups excluding carboxylic acids is 4. The Bertz CT molecular complexity index is 867. The van der Waals surface area contributed by atoms with Crippen LogP contribution < -0.4 is 26.2 Å². The number of imide groups is 2. The molecule has 4 N–H and O–H groups in total. The normalized spacial score (nSPS) is 25.2. The van der Waals surface area contributed by atoms with Crippen molar-refractivity contribution < 1.29 is 28.7 Å². The number of rotatable bonds is 9. The molecule has 16 heteroatoms. The molecule has 2 unspecified atom stereocenters. The van der Waals surface area contributed by atoms with Crippen molar-refractivity contribution in [3.05, 3.63) is 0 Å². The van der Waals surface area contributed by atoms with E-state index in [9.17, 15) is 19.2 Å². The first-order valence-corrected chi connectivity index (χ1v) is 10.6. The summed E-state index contributed by atoms with van der Waals surface area (Å²) in [4.78, 5) is 62.6. The Labute approximate surface area is 185 Å². The standard InChI is InChI=1S/C15H20N8O6S2/c1-5-23(6-2)9-18-12(30-14(28-3)7(24)16-10(26)21-14)20-13(19-9)31-15(29-4)8(25)17-11(27)22-15/h5-6H2,1-4H3,(H2,16,21,24,26)(H2,17,22,25,27). The van der Waals surface area contributed by atoms with Crippen LogP contribution in [0.4, 0.5) is 15.5 Å². The predicted octanol–water partition coefficient (Wildman–Crippen LogP) is -0.819. The first kappa shape index (κ1) is 23.0. The molecule has 1 aromatic heterocycles. The van der Waals surface area contributed by atoms with Crippen LogP contribution in [0.25, 0.3) is 0 Å². The monoisotopic (exact) mass is 472 g/mol. The fourth-order valence-corrected chi connectivity index (χ4v) is 4.52. The van der Waals surface area contributed by atoms with Crippen molar-refractivity contribution in [3.8, 4) is 0 Å². The maximum atomic E-state index is 12.3. The van der Waals surface area contributed by atoms with Crippen LogP contribution in [-0.2, 0) is 19.1 Å². The van der Waals surface area contributed by atoms with Gasteiger partial charge in [0, 0.05) is 27.3 Å². The topological polar surface area (TPSA) is 177 Å². The Balaban J connectivity index is 2.01. The molecule has 168 valence electrons. The largest absolute Gasteiger partial charge is 0.342 e. The highest BCUT2D eigenvalue weighted by Gasteiger charge is 2.51. The lowest BCUT2D eigenvalue weighted by Crippen LogP contribution is -2.46. The van der Waals surface area contributed by atoms with Crippen molar-refractivity contribution in [2.45, 2.75) is 34.3 Å². The number of nitrogens with one attached hydrogen (secondary N) is 4. The third kappa shape index (κ3) is 4.36. The number of methoxy groups -OCH3 is 2. The van der Waals surface area contributed by atoms with Crippen molar-refractivity contribution in [2.75, 3.05) is 32.2 Å². The summed E-state index contributed by atoms with van der Waals surface area (Å²) in [5.74, 6) is -1.18. The lowest BCUT2D eigenvalue weighted by atomic mass is 10.5. The Morgan fingerprint density at radius 3 is 1.52 bits per heavy atom. The highest BCUT2D eigenvalue weighted by Crippen LogP contribution is 2.36. The van der Waals surface area contributed by atoms with Crippen molar-refractivity contribution >= 4 is 53.3 Å². The number of hydrogen-bond donors (Lipinski definition) is 4. The van der Waals surface area contributed by atoms with E-state index in [1.165, 1.54) is 14.2 Å². The van der Waals surface area contributed by atoms with E-state index in [1.54, 1.807) is 0 Å². The van der Waals surface area contributed by atoms with Gasteiger partial charge in [0.1, 0.15) is 0 Å². The van der Waals surface area contributed by atoms with Crippen molar-refractivity contribution in [1.82, 2.24) is 36.2 Å². The summed E-state index contributed by atoms with van der Waals surface area (Å²) in [6.45, 7) is 4.92. The van der Waals surface area contributed by atoms with Gasteiger partial charge in [0.05, 0.1) is 0 Å². The number of urea groups is 2. The number of nitrogens with zero attached hydrogens (tertiary/aromatic N) is 4. The van der Waals surface area contributed by atoms with Crippen molar-refractivity contribution in [3.63, 3.8) is 0 Å². The molecule has 14 nitrogen and oxygen atoms in total. The summed E-state index contributed by atoms with van der Waals surface area (Å²) >= 11 is 1.49. The van der Waals surface area contributed by atoms with Crippen LogP contribution in [-0.4, -0.2) is 76.3 Å². The van der Waals surface area contributed by atoms with Gasteiger partial charge in [-0.2, -0.15) is 15.0 Å². The van der Waals surface area contributed by atoms with E-state index in [0.29, 0.717) is 13.1 Å². The lowest BCUT2D eigenvalue weighted by Gasteiger charge is -2.25. The van der Waals surface area contributed by atoms with E-state index in [2.05, 4.69) is 36.2 Å². The predicted molar refractivity (Wildman–Crippen MR) is 108 cm³/mol. The van der Waals surface area contributed by atoms with Gasteiger partial charge < -0.3 is 14.4 Å². The quantitative estimate of drug-likeness (QED) is 0.260. The molecule has 1 aromatic rings. The molecule has 0 bridgehead atoms. The van der Waals surface area contributed by atoms with E-state index in [1.807, 2.05) is 18.7 Å². The smallest absolute Gasteiger partial charge is 0.324 e. The minimum absolute atomic E-state index is 0.0367. The Morgan fingerprint density at radius 2 is 1.23 bits per heavy atom. The molecule has 0 aromatic carbocycles. The average molecular weight is 473 g/mol. The van der Waals surface area contributed by atoms with Crippen molar-refractivity contribution in [2.24, 2.45) is 0 Å². The molecule has 0 spiro atoms. The molecule has 31 heavy (non-hydrogen) atoms. The van der Waals surface area contributed by atoms with Crippen molar-refractivity contribution in [1.29, 1.82) is 0 Å². The lowest BCUT2D eigenvalue weighted by molar-refractivity contribution is -0.131. The molecule has 0 radical (unpaired) electrons. The van der Waals surface area contributed by atoms with E-state index < -0.39 is 34.0 Å². The molecular weight excluding hydrogens is 452 g/mol. The van der Waals surface area contributed by atoms with Gasteiger partial charge in [0.2, 0.25) is 5.95 Å². The zero-order valence-electron chi connectivity index (χ0n) is 17.0. The van der Waals surface area contributed by atoms with E-state index in [0.717, 1.165) is 23.5 Å². The first-order valence-electron chi connectivity index (χ1n) is 8.97. The molecule has 6 amide bonds. The van der Waals surface area contributed by atoms with E-state index >= 15 is 0 Å². The van der Waals surface area contributed by atoms with Gasteiger partial charge in [0.15, 0.2) is 10.3 Å². The van der Waals surface area contributed by atoms with Gasteiger partial charge >= 0.3 is 12.1 Å². The number of aromatic nitrogens is 3. The number of ether oxygens (including phenoxy) is 2. The molecule has 2 saturated heterocycles. The van der Waals surface area contributed by atoms with Crippen LogP contribution in [0.5, 0.6) is 0 Å². The second kappa shape index (κ2) is 8.81. The van der Waals surface area contributed by atoms with Gasteiger partial charge in [-0.1, -0.05) is 0 Å². The molecular formula is C15H20N8O6S2. The Kier molecular flexibility index (Phi) is 6.54. The molecule has 2 atom stereocenters. The first-order chi connectivity index (χ1) is 14.7. The second-order valence-corrected chi connectivity index (χ2v) is 8.32. The highest BCUT2D eigenvalue weighted by molar-refractivity contribution is 8.01. The number of carbonyl (C=O) groups is 4. The molecule has 3 rings (SSSR count). The van der Waals surface area contributed by atoms with Crippen LogP contribution in [0.1, 0.15) is 13.8 Å². The number of amides is 6. The van der Waals surface area contributed by atoms with E-state index in [-0.39, 0.29) is 16.3 Å². The third-order valence-corrected chi connectivity index (χ3v) is 6.50. The van der Waals surface area contributed by atoms with Crippen LogP contribution in [0, 0.1) is 0 Å². The average Bonchev–Trinajstić information content (AvgIpc) is 3.17. The second-order valence-electron chi connectivity index (χ2n) is 6.03. The minimum Gasteiger partial charge on any atom is -0.342 e. The molecule has 0 saturated carbocycles. The zero-order valence-corrected chi connectivity index (χ0v) is 18.6. The molecule has 0 aliphatic carbocycles. The summed E-state index contributed by atoms with van der Waals surface area (Å²) in [5, 5.41) is 5.49. The Hall–Kier alpha value is -2.69. The number of anilines is 1. The van der Waals surface area contributed by atoms with Crippen LogP contribution in [0.2, 0.25) is 0 Å². The van der Waals surface area contributed by atoms with Gasteiger partial charge in [-0.15, -0.1) is 0 Å². The Morgan fingerprint density at radius 1 is 0.806 bits per heavy atom. The van der Waals surface area contributed by atoms with Crippen LogP contribution >= 0.6 is 23.5 Å². The van der Waals surface area contributed by atoms with Gasteiger partial charge in [-0.05, 0) is 37.4 Å². The maximum Gasteiger partial charge on any atom is 0.324 e. The maximum absolute atomic E-state index is 12.3. The van der Waals surface area contributed by atoms with Crippen LogP contribution in [0.3, 0.4) is 0 Å². The molecule has 3 heterocycles. The number of hydrogen-bond acceptors (Lipinski definition) is 12. The van der Waals surface area contributed by atoms with E-state index in [4.69, 9.17) is 9.47 Å². The number of thioether (sulfide) groups is 2. The summed E-state index contributed by atoms with van der Waals surface area (Å²) in [6.07, 6.45) is 0. The van der Waals surface area contributed by atoms with Gasteiger partial charge in [-0.25, -0.2) is 9.59 Å². The van der Waals surface area contributed by atoms with Gasteiger partial charge in [-0.3, -0.25) is 30.9 Å². The summed E-state index contributed by atoms with van der Waals surface area (Å²) in [6, 6.07) is -1.45. The highest BCUT2D eigenvalue weighted by atomic mass is 32.2. The van der Waals surface area contributed by atoms with Gasteiger partial charge in [0.25, 0.3) is 21.9 Å². The SMILES string of the molecule is CCN(CC)c1nc(SC2(OC)NC(=O)NC2=O)nc(SC2(OC)NC(=O)NC2=O)n1. The minimum atomic E-state index is -1.78. The molecule has 2 fully saturated rings.